The maximum Gasteiger partial charge on any atom is 0.0891 e. The normalized spacial score (nSPS) is 14.7. The Kier molecular flexibility index (Phi) is 6.68. The Balaban J connectivity index is 4.97. The molecule has 0 saturated heterocycles. The Morgan fingerprint density at radius 2 is 1.10 bits per heavy atom. The molecule has 0 aliphatic rings. The molecule has 122 valence electrons. The second-order valence-electron chi connectivity index (χ2n) is 8.62. The summed E-state index contributed by atoms with van der Waals surface area (Å²) in [5.41, 5.74) is -1.23. The van der Waals surface area contributed by atoms with E-state index in [9.17, 15) is 5.11 Å². The van der Waals surface area contributed by atoms with Crippen molar-refractivity contribution < 1.29 is 14.6 Å². The summed E-state index contributed by atoms with van der Waals surface area (Å²) in [4.78, 5) is 0. The van der Waals surface area contributed by atoms with E-state index in [1.807, 2.05) is 41.5 Å². The number of nitrogens with one attached hydrogen (secondary N) is 1. The van der Waals surface area contributed by atoms with Crippen molar-refractivity contribution in [1.82, 2.24) is 5.32 Å². The average Bonchev–Trinajstić information content (AvgIpc) is 2.18. The van der Waals surface area contributed by atoms with Crippen molar-refractivity contribution in [2.75, 3.05) is 19.8 Å². The van der Waals surface area contributed by atoms with Crippen LogP contribution in [0.5, 0.6) is 0 Å². The number of rotatable bonds is 6. The maximum atomic E-state index is 9.91. The van der Waals surface area contributed by atoms with E-state index in [2.05, 4.69) is 26.1 Å². The van der Waals surface area contributed by atoms with Gasteiger partial charge in [-0.3, -0.25) is 0 Å². The van der Waals surface area contributed by atoms with Crippen LogP contribution in [0, 0.1) is 0 Å². The summed E-state index contributed by atoms with van der Waals surface area (Å²) in [5.74, 6) is 0. The molecule has 0 atom stereocenters. The molecule has 0 saturated carbocycles. The SMILES string of the molecule is CC(C)(C)NC(CO)(COC(C)(C)C)COC(C)(C)C. The minimum absolute atomic E-state index is 0.0313. The number of hydrogen-bond acceptors (Lipinski definition) is 4. The van der Waals surface area contributed by atoms with Gasteiger partial charge in [0.2, 0.25) is 0 Å². The smallest absolute Gasteiger partial charge is 0.0891 e. The molecule has 0 bridgehead atoms. The lowest BCUT2D eigenvalue weighted by Gasteiger charge is -2.41. The topological polar surface area (TPSA) is 50.7 Å². The summed E-state index contributed by atoms with van der Waals surface area (Å²) in [5, 5.41) is 13.4. The van der Waals surface area contributed by atoms with Crippen LogP contribution in [0.15, 0.2) is 0 Å². The molecule has 0 spiro atoms. The molecule has 0 fully saturated rings. The maximum absolute atomic E-state index is 9.91. The van der Waals surface area contributed by atoms with Crippen LogP contribution in [0.1, 0.15) is 62.3 Å². The summed E-state index contributed by atoms with van der Waals surface area (Å²) in [6, 6.07) is 0. The second-order valence-corrected chi connectivity index (χ2v) is 8.62. The number of aliphatic hydroxyl groups is 1. The predicted octanol–water partition coefficient (Wildman–Crippen LogP) is 2.74. The molecule has 0 aromatic rings. The molecule has 0 radical (unpaired) electrons. The van der Waals surface area contributed by atoms with E-state index in [4.69, 9.17) is 9.47 Å². The molecule has 2 N–H and O–H groups in total. The zero-order chi connectivity index (χ0) is 16.2. The first kappa shape index (κ1) is 19.8. The number of hydrogen-bond donors (Lipinski definition) is 2. The highest BCUT2D eigenvalue weighted by molar-refractivity contribution is 4.94. The Labute approximate surface area is 125 Å². The van der Waals surface area contributed by atoms with Crippen LogP contribution in [-0.4, -0.2) is 47.2 Å². The third kappa shape index (κ3) is 9.70. The Bertz CT molecular complexity index is 264. The quantitative estimate of drug-likeness (QED) is 0.789. The fourth-order valence-corrected chi connectivity index (χ4v) is 1.75. The lowest BCUT2D eigenvalue weighted by atomic mass is 9.96. The largest absolute Gasteiger partial charge is 0.394 e. The van der Waals surface area contributed by atoms with Gasteiger partial charge in [0.1, 0.15) is 0 Å². The van der Waals surface area contributed by atoms with Crippen molar-refractivity contribution >= 4 is 0 Å². The Hall–Kier alpha value is -0.160. The van der Waals surface area contributed by atoms with Crippen LogP contribution in [0.25, 0.3) is 0 Å². The minimum atomic E-state index is -0.598. The molecule has 0 aromatic heterocycles. The number of ether oxygens (including phenoxy) is 2. The average molecular weight is 289 g/mol. The fourth-order valence-electron chi connectivity index (χ4n) is 1.75. The molecule has 0 rings (SSSR count). The summed E-state index contributed by atoms with van der Waals surface area (Å²) in [6.45, 7) is 19.1. The Morgan fingerprint density at radius 3 is 1.30 bits per heavy atom. The zero-order valence-electron chi connectivity index (χ0n) is 14.9. The standard InChI is InChI=1S/C16H35NO3/c1-13(2,3)17-16(10-18,11-19-14(4,5)6)12-20-15(7,8)9/h17-18H,10-12H2,1-9H3. The first-order valence-corrected chi connectivity index (χ1v) is 7.36. The van der Waals surface area contributed by atoms with Crippen molar-refractivity contribution in [3.8, 4) is 0 Å². The van der Waals surface area contributed by atoms with E-state index < -0.39 is 5.54 Å². The number of aliphatic hydroxyl groups excluding tert-OH is 1. The van der Waals surface area contributed by atoms with Gasteiger partial charge >= 0.3 is 0 Å². The van der Waals surface area contributed by atoms with Gasteiger partial charge in [-0.2, -0.15) is 0 Å². The van der Waals surface area contributed by atoms with Gasteiger partial charge in [-0.05, 0) is 62.3 Å². The van der Waals surface area contributed by atoms with Crippen LogP contribution in [0.2, 0.25) is 0 Å². The molecule has 0 aliphatic carbocycles. The summed E-state index contributed by atoms with van der Waals surface area (Å²) in [6.07, 6.45) is 0. The van der Waals surface area contributed by atoms with E-state index >= 15 is 0 Å². The van der Waals surface area contributed by atoms with Gasteiger partial charge in [-0.25, -0.2) is 0 Å². The zero-order valence-corrected chi connectivity index (χ0v) is 14.9. The summed E-state index contributed by atoms with van der Waals surface area (Å²) < 4.78 is 11.8. The Morgan fingerprint density at radius 1 is 0.750 bits per heavy atom. The van der Waals surface area contributed by atoms with Crippen LogP contribution in [0.3, 0.4) is 0 Å². The molecule has 4 heteroatoms. The minimum Gasteiger partial charge on any atom is -0.394 e. The van der Waals surface area contributed by atoms with E-state index in [0.717, 1.165) is 0 Å². The van der Waals surface area contributed by atoms with Gasteiger partial charge in [0.15, 0.2) is 0 Å². The van der Waals surface area contributed by atoms with Gasteiger partial charge < -0.3 is 19.9 Å². The van der Waals surface area contributed by atoms with Crippen LogP contribution < -0.4 is 5.32 Å². The highest BCUT2D eigenvalue weighted by Crippen LogP contribution is 2.19. The van der Waals surface area contributed by atoms with Crippen molar-refractivity contribution in [1.29, 1.82) is 0 Å². The molecule has 0 aromatic carbocycles. The van der Waals surface area contributed by atoms with Gasteiger partial charge in [-0.1, -0.05) is 0 Å². The van der Waals surface area contributed by atoms with E-state index in [-0.39, 0.29) is 23.3 Å². The summed E-state index contributed by atoms with van der Waals surface area (Å²) >= 11 is 0. The molecule has 4 nitrogen and oxygen atoms in total. The first-order valence-electron chi connectivity index (χ1n) is 7.36. The molecule has 20 heavy (non-hydrogen) atoms. The van der Waals surface area contributed by atoms with Gasteiger partial charge in [-0.15, -0.1) is 0 Å². The van der Waals surface area contributed by atoms with Crippen molar-refractivity contribution in [2.45, 2.75) is 84.6 Å². The molecule has 0 heterocycles. The van der Waals surface area contributed by atoms with Crippen LogP contribution in [0.4, 0.5) is 0 Å². The lowest BCUT2D eigenvalue weighted by Crippen LogP contribution is -2.63. The molecule has 0 amide bonds. The van der Waals surface area contributed by atoms with Gasteiger partial charge in [0, 0.05) is 5.54 Å². The van der Waals surface area contributed by atoms with Crippen molar-refractivity contribution in [2.24, 2.45) is 0 Å². The fraction of sp³-hybridized carbons (Fsp3) is 1.00. The van der Waals surface area contributed by atoms with Gasteiger partial charge in [0.05, 0.1) is 36.6 Å². The highest BCUT2D eigenvalue weighted by atomic mass is 16.5. The third-order valence-electron chi connectivity index (χ3n) is 2.51. The van der Waals surface area contributed by atoms with E-state index in [0.29, 0.717) is 13.2 Å². The van der Waals surface area contributed by atoms with Crippen LogP contribution in [-0.2, 0) is 9.47 Å². The van der Waals surface area contributed by atoms with E-state index in [1.165, 1.54) is 0 Å². The van der Waals surface area contributed by atoms with E-state index in [1.54, 1.807) is 0 Å². The highest BCUT2D eigenvalue weighted by Gasteiger charge is 2.36. The monoisotopic (exact) mass is 289 g/mol. The van der Waals surface area contributed by atoms with Gasteiger partial charge in [0.25, 0.3) is 0 Å². The lowest BCUT2D eigenvalue weighted by molar-refractivity contribution is -0.105. The predicted molar refractivity (Wildman–Crippen MR) is 84.1 cm³/mol. The molecular weight excluding hydrogens is 254 g/mol. The molecular formula is C16H35NO3. The van der Waals surface area contributed by atoms with Crippen molar-refractivity contribution in [3.05, 3.63) is 0 Å². The first-order chi connectivity index (χ1) is 8.68. The van der Waals surface area contributed by atoms with Crippen LogP contribution >= 0.6 is 0 Å². The molecule has 0 unspecified atom stereocenters. The summed E-state index contributed by atoms with van der Waals surface area (Å²) in [7, 11) is 0. The van der Waals surface area contributed by atoms with Crippen molar-refractivity contribution in [3.63, 3.8) is 0 Å². The molecule has 0 aliphatic heterocycles. The second kappa shape index (κ2) is 6.73. The third-order valence-corrected chi connectivity index (χ3v) is 2.51.